The molecule has 0 aliphatic carbocycles. The third kappa shape index (κ3) is 3.07. The van der Waals surface area contributed by atoms with Gasteiger partial charge >= 0.3 is 0 Å². The third-order valence-corrected chi connectivity index (χ3v) is 4.09. The Morgan fingerprint density at radius 1 is 1.45 bits per heavy atom. The van der Waals surface area contributed by atoms with Crippen LogP contribution in [0.4, 0.5) is 4.39 Å². The average molecular weight is 357 g/mol. The zero-order valence-electron chi connectivity index (χ0n) is 10.3. The fraction of sp³-hybridized carbons (Fsp3) is 0.0833. The molecule has 104 valence electrons. The number of halogens is 2. The van der Waals surface area contributed by atoms with Gasteiger partial charge in [-0.15, -0.1) is 0 Å². The molecule has 0 fully saturated rings. The fourth-order valence-electron chi connectivity index (χ4n) is 1.44. The number of nitrogens with two attached hydrogens (primary N) is 1. The second-order valence-electron chi connectivity index (χ2n) is 3.81. The highest BCUT2D eigenvalue weighted by atomic mass is 79.9. The molecule has 0 saturated heterocycles. The summed E-state index contributed by atoms with van der Waals surface area (Å²) in [6, 6.07) is 4.85. The Morgan fingerprint density at radius 2 is 2.20 bits per heavy atom. The number of benzene rings is 1. The molecular formula is C12H10BrFN4OS. The average Bonchev–Trinajstić information content (AvgIpc) is 2.43. The zero-order chi connectivity index (χ0) is 14.7. The van der Waals surface area contributed by atoms with E-state index < -0.39 is 5.82 Å². The van der Waals surface area contributed by atoms with Crippen LogP contribution in [0.1, 0.15) is 11.3 Å². The number of hydrogen-bond donors (Lipinski definition) is 2. The Bertz CT molecular complexity index is 681. The van der Waals surface area contributed by atoms with Crippen molar-refractivity contribution in [2.24, 2.45) is 10.9 Å². The van der Waals surface area contributed by atoms with Crippen molar-refractivity contribution in [1.29, 1.82) is 0 Å². The van der Waals surface area contributed by atoms with E-state index in [9.17, 15) is 4.39 Å². The second kappa shape index (κ2) is 6.19. The molecule has 0 radical (unpaired) electrons. The summed E-state index contributed by atoms with van der Waals surface area (Å²) in [6.07, 6.45) is 1.61. The molecule has 0 saturated carbocycles. The molecule has 1 aromatic heterocycles. The topological polar surface area (TPSA) is 84.4 Å². The van der Waals surface area contributed by atoms with Crippen molar-refractivity contribution in [2.75, 3.05) is 0 Å². The van der Waals surface area contributed by atoms with E-state index in [0.717, 1.165) is 17.5 Å². The summed E-state index contributed by atoms with van der Waals surface area (Å²) in [6.45, 7) is 1.83. The first-order valence-electron chi connectivity index (χ1n) is 5.46. The number of aromatic nitrogens is 2. The highest BCUT2D eigenvalue weighted by Gasteiger charge is 2.15. The molecule has 8 heteroatoms. The van der Waals surface area contributed by atoms with E-state index >= 15 is 0 Å². The van der Waals surface area contributed by atoms with Gasteiger partial charge in [0, 0.05) is 17.5 Å². The number of amidine groups is 1. The maximum atomic E-state index is 14.2. The van der Waals surface area contributed by atoms with Gasteiger partial charge in [0.1, 0.15) is 0 Å². The van der Waals surface area contributed by atoms with Gasteiger partial charge in [0.2, 0.25) is 0 Å². The minimum absolute atomic E-state index is 0.130. The largest absolute Gasteiger partial charge is 0.409 e. The van der Waals surface area contributed by atoms with E-state index in [1.807, 2.05) is 6.92 Å². The van der Waals surface area contributed by atoms with Crippen molar-refractivity contribution < 1.29 is 9.60 Å². The highest BCUT2D eigenvalue weighted by Crippen LogP contribution is 2.32. The molecule has 0 unspecified atom stereocenters. The molecule has 1 aromatic carbocycles. The maximum Gasteiger partial charge on any atom is 0.192 e. The fourth-order valence-corrected chi connectivity index (χ4v) is 2.94. The van der Waals surface area contributed by atoms with Crippen molar-refractivity contribution in [2.45, 2.75) is 17.0 Å². The maximum absolute atomic E-state index is 14.2. The van der Waals surface area contributed by atoms with Gasteiger partial charge in [0.25, 0.3) is 0 Å². The molecule has 2 rings (SSSR count). The van der Waals surface area contributed by atoms with Gasteiger partial charge in [-0.25, -0.2) is 14.4 Å². The van der Waals surface area contributed by atoms with Crippen molar-refractivity contribution in [3.63, 3.8) is 0 Å². The summed E-state index contributed by atoms with van der Waals surface area (Å²) in [5.74, 6) is -0.677. The lowest BCUT2D eigenvalue weighted by molar-refractivity contribution is 0.318. The molecule has 0 amide bonds. The first-order valence-corrected chi connectivity index (χ1v) is 7.07. The first-order chi connectivity index (χ1) is 9.52. The molecule has 0 spiro atoms. The predicted octanol–water partition coefficient (Wildman–Crippen LogP) is 2.93. The van der Waals surface area contributed by atoms with Crippen LogP contribution in [0.25, 0.3) is 0 Å². The summed E-state index contributed by atoms with van der Waals surface area (Å²) < 4.78 is 14.4. The minimum Gasteiger partial charge on any atom is -0.409 e. The molecular weight excluding hydrogens is 347 g/mol. The highest BCUT2D eigenvalue weighted by molar-refractivity contribution is 9.10. The second-order valence-corrected chi connectivity index (χ2v) is 5.61. The zero-order valence-corrected chi connectivity index (χ0v) is 12.7. The van der Waals surface area contributed by atoms with Crippen LogP contribution < -0.4 is 5.73 Å². The van der Waals surface area contributed by atoms with Crippen LogP contribution in [0.3, 0.4) is 0 Å². The van der Waals surface area contributed by atoms with Gasteiger partial charge in [-0.05, 0) is 52.8 Å². The Labute approximate surface area is 127 Å². The van der Waals surface area contributed by atoms with E-state index in [0.29, 0.717) is 10.1 Å². The molecule has 20 heavy (non-hydrogen) atoms. The van der Waals surface area contributed by atoms with E-state index in [1.54, 1.807) is 18.3 Å². The van der Waals surface area contributed by atoms with Crippen LogP contribution >= 0.6 is 27.7 Å². The Kier molecular flexibility index (Phi) is 4.56. The van der Waals surface area contributed by atoms with Crippen molar-refractivity contribution >= 4 is 33.5 Å². The lowest BCUT2D eigenvalue weighted by Gasteiger charge is -2.08. The van der Waals surface area contributed by atoms with Crippen LogP contribution in [-0.4, -0.2) is 21.0 Å². The Hall–Kier alpha value is -1.67. The molecule has 5 nitrogen and oxygen atoms in total. The predicted molar refractivity (Wildman–Crippen MR) is 77.5 cm³/mol. The number of oxime groups is 1. The number of rotatable bonds is 3. The Balaban J connectivity index is 2.37. The Morgan fingerprint density at radius 3 is 2.85 bits per heavy atom. The molecule has 2 aromatic rings. The number of hydrogen-bond acceptors (Lipinski definition) is 5. The van der Waals surface area contributed by atoms with Gasteiger partial charge in [-0.3, -0.25) is 0 Å². The lowest BCUT2D eigenvalue weighted by Crippen LogP contribution is -2.14. The van der Waals surface area contributed by atoms with Crippen LogP contribution in [0.15, 0.2) is 44.1 Å². The smallest absolute Gasteiger partial charge is 0.192 e. The van der Waals surface area contributed by atoms with Crippen LogP contribution in [0.2, 0.25) is 0 Å². The molecule has 1 heterocycles. The molecule has 3 N–H and O–H groups in total. The summed E-state index contributed by atoms with van der Waals surface area (Å²) in [7, 11) is 0. The summed E-state index contributed by atoms with van der Waals surface area (Å²) in [4.78, 5) is 8.60. The van der Waals surface area contributed by atoms with Gasteiger partial charge in [0.05, 0.1) is 9.37 Å². The minimum atomic E-state index is -0.510. The van der Waals surface area contributed by atoms with Gasteiger partial charge in [0.15, 0.2) is 16.8 Å². The normalized spacial score (nSPS) is 11.7. The first kappa shape index (κ1) is 14.7. The van der Waals surface area contributed by atoms with E-state index in [2.05, 4.69) is 31.1 Å². The van der Waals surface area contributed by atoms with Crippen LogP contribution in [-0.2, 0) is 0 Å². The van der Waals surface area contributed by atoms with Gasteiger partial charge in [-0.2, -0.15) is 0 Å². The quantitative estimate of drug-likeness (QED) is 0.290. The van der Waals surface area contributed by atoms with E-state index in [-0.39, 0.29) is 15.9 Å². The summed E-state index contributed by atoms with van der Waals surface area (Å²) >= 11 is 4.20. The SMILES string of the molecule is Cc1ccnc(Sc2ccc(/C(N)=N/O)c(Br)c2F)n1. The number of aryl methyl sites for hydroxylation is 1. The lowest BCUT2D eigenvalue weighted by atomic mass is 10.2. The molecule has 0 aliphatic rings. The standard InChI is InChI=1S/C12H10BrFN4OS/c1-6-4-5-16-12(17-6)20-8-3-2-7(11(15)18-19)9(13)10(8)14/h2-5,19H,1H3,(H2,15,18). The third-order valence-electron chi connectivity index (χ3n) is 2.40. The van der Waals surface area contributed by atoms with Crippen molar-refractivity contribution in [1.82, 2.24) is 9.97 Å². The van der Waals surface area contributed by atoms with Crippen LogP contribution in [0.5, 0.6) is 0 Å². The molecule has 0 bridgehead atoms. The molecule has 0 atom stereocenters. The van der Waals surface area contributed by atoms with Gasteiger partial charge < -0.3 is 10.9 Å². The van der Waals surface area contributed by atoms with Crippen molar-refractivity contribution in [3.8, 4) is 0 Å². The van der Waals surface area contributed by atoms with Crippen molar-refractivity contribution in [3.05, 3.63) is 45.9 Å². The molecule has 0 aliphatic heterocycles. The summed E-state index contributed by atoms with van der Waals surface area (Å²) in [5, 5.41) is 11.9. The summed E-state index contributed by atoms with van der Waals surface area (Å²) in [5.41, 5.74) is 6.54. The van der Waals surface area contributed by atoms with E-state index in [1.165, 1.54) is 6.07 Å². The van der Waals surface area contributed by atoms with Gasteiger partial charge in [-0.1, -0.05) is 5.16 Å². The van der Waals surface area contributed by atoms with Crippen LogP contribution in [0, 0.1) is 12.7 Å². The monoisotopic (exact) mass is 356 g/mol. The van der Waals surface area contributed by atoms with E-state index in [4.69, 9.17) is 10.9 Å². The number of nitrogens with zero attached hydrogens (tertiary/aromatic N) is 3.